The molecule has 0 saturated heterocycles. The largest absolute Gasteiger partial charge is 0.508 e. The topological polar surface area (TPSA) is 72.8 Å². The van der Waals surface area contributed by atoms with Gasteiger partial charge in [0.2, 0.25) is 5.91 Å². The van der Waals surface area contributed by atoms with Crippen LogP contribution in [0.3, 0.4) is 0 Å². The molecule has 2 unspecified atom stereocenters. The lowest BCUT2D eigenvalue weighted by molar-refractivity contribution is -0.132. The van der Waals surface area contributed by atoms with Crippen molar-refractivity contribution in [3.05, 3.63) is 23.8 Å². The Labute approximate surface area is 120 Å². The van der Waals surface area contributed by atoms with E-state index >= 15 is 0 Å². The van der Waals surface area contributed by atoms with E-state index in [0.717, 1.165) is 0 Å². The van der Waals surface area contributed by atoms with Crippen molar-refractivity contribution in [2.75, 3.05) is 13.1 Å². The highest BCUT2D eigenvalue weighted by atomic mass is 16.3. The average Bonchev–Trinajstić information content (AvgIpc) is 2.42. The molecule has 112 valence electrons. The van der Waals surface area contributed by atoms with E-state index in [1.807, 2.05) is 20.8 Å². The number of hydrogen-bond donors (Lipinski definition) is 3. The van der Waals surface area contributed by atoms with E-state index in [1.54, 1.807) is 11.8 Å². The van der Waals surface area contributed by atoms with Gasteiger partial charge in [0.15, 0.2) is 0 Å². The first-order valence-electron chi connectivity index (χ1n) is 6.97. The minimum Gasteiger partial charge on any atom is -0.508 e. The van der Waals surface area contributed by atoms with Crippen LogP contribution in [0.15, 0.2) is 18.2 Å². The Morgan fingerprint density at radius 3 is 2.40 bits per heavy atom. The van der Waals surface area contributed by atoms with Gasteiger partial charge in [0, 0.05) is 24.7 Å². The summed E-state index contributed by atoms with van der Waals surface area (Å²) < 4.78 is 0. The van der Waals surface area contributed by atoms with Crippen molar-refractivity contribution in [2.24, 2.45) is 0 Å². The third-order valence-corrected chi connectivity index (χ3v) is 3.42. The number of amides is 1. The van der Waals surface area contributed by atoms with Gasteiger partial charge in [0.25, 0.3) is 0 Å². The molecule has 2 atom stereocenters. The van der Waals surface area contributed by atoms with Gasteiger partial charge in [-0.2, -0.15) is 0 Å². The van der Waals surface area contributed by atoms with Gasteiger partial charge in [-0.15, -0.1) is 0 Å². The number of phenols is 2. The van der Waals surface area contributed by atoms with E-state index in [0.29, 0.717) is 18.7 Å². The molecular formula is C15H24N2O3. The molecule has 0 spiro atoms. The third kappa shape index (κ3) is 3.87. The van der Waals surface area contributed by atoms with E-state index in [2.05, 4.69) is 5.32 Å². The Balaban J connectivity index is 2.77. The molecule has 0 radical (unpaired) electrons. The van der Waals surface area contributed by atoms with Crippen molar-refractivity contribution in [3.63, 3.8) is 0 Å². The zero-order chi connectivity index (χ0) is 15.3. The number of benzene rings is 1. The Morgan fingerprint density at radius 2 is 1.85 bits per heavy atom. The second-order valence-corrected chi connectivity index (χ2v) is 4.86. The standard InChI is InChI=1S/C15H24N2O3/c1-5-17(6-2)15(20)11(4)16-10(3)13-9-12(18)7-8-14(13)19/h7-11,16,18-19H,5-6H2,1-4H3. The zero-order valence-electron chi connectivity index (χ0n) is 12.6. The van der Waals surface area contributed by atoms with Crippen molar-refractivity contribution in [1.29, 1.82) is 0 Å². The van der Waals surface area contributed by atoms with Gasteiger partial charge in [-0.05, 0) is 45.9 Å². The molecule has 0 bridgehead atoms. The van der Waals surface area contributed by atoms with Crippen LogP contribution >= 0.6 is 0 Å². The normalized spacial score (nSPS) is 13.8. The van der Waals surface area contributed by atoms with Gasteiger partial charge >= 0.3 is 0 Å². The lowest BCUT2D eigenvalue weighted by Gasteiger charge is -2.26. The highest BCUT2D eigenvalue weighted by molar-refractivity contribution is 5.81. The molecule has 0 aliphatic heterocycles. The summed E-state index contributed by atoms with van der Waals surface area (Å²) in [7, 11) is 0. The summed E-state index contributed by atoms with van der Waals surface area (Å²) in [6, 6.07) is 3.78. The first-order valence-corrected chi connectivity index (χ1v) is 6.97. The number of carbonyl (C=O) groups is 1. The number of rotatable bonds is 6. The average molecular weight is 280 g/mol. The number of nitrogens with zero attached hydrogens (tertiary/aromatic N) is 1. The second-order valence-electron chi connectivity index (χ2n) is 4.86. The molecule has 1 amide bonds. The summed E-state index contributed by atoms with van der Waals surface area (Å²) in [6.45, 7) is 8.88. The molecule has 1 aromatic rings. The fourth-order valence-corrected chi connectivity index (χ4v) is 2.23. The highest BCUT2D eigenvalue weighted by Crippen LogP contribution is 2.27. The Kier molecular flexibility index (Phi) is 5.82. The maximum absolute atomic E-state index is 12.2. The van der Waals surface area contributed by atoms with Gasteiger partial charge < -0.3 is 15.1 Å². The van der Waals surface area contributed by atoms with Crippen LogP contribution in [0.4, 0.5) is 0 Å². The van der Waals surface area contributed by atoms with Crippen molar-refractivity contribution in [2.45, 2.75) is 39.8 Å². The molecule has 1 aromatic carbocycles. The number of aromatic hydroxyl groups is 2. The monoisotopic (exact) mass is 280 g/mol. The zero-order valence-corrected chi connectivity index (χ0v) is 12.6. The number of likely N-dealkylation sites (N-methyl/N-ethyl adjacent to an activating group) is 1. The minimum absolute atomic E-state index is 0.0292. The first-order chi connectivity index (χ1) is 9.40. The molecular weight excluding hydrogens is 256 g/mol. The van der Waals surface area contributed by atoms with Crippen LogP contribution in [0.25, 0.3) is 0 Å². The fourth-order valence-electron chi connectivity index (χ4n) is 2.23. The van der Waals surface area contributed by atoms with E-state index in [-0.39, 0.29) is 29.5 Å². The molecule has 1 rings (SSSR count). The summed E-state index contributed by atoms with van der Waals surface area (Å²) in [5.41, 5.74) is 0.573. The third-order valence-electron chi connectivity index (χ3n) is 3.42. The first kappa shape index (κ1) is 16.3. The van der Waals surface area contributed by atoms with E-state index in [4.69, 9.17) is 0 Å². The van der Waals surface area contributed by atoms with Gasteiger partial charge in [0.1, 0.15) is 11.5 Å². The van der Waals surface area contributed by atoms with Crippen LogP contribution in [0.1, 0.15) is 39.3 Å². The number of hydrogen-bond acceptors (Lipinski definition) is 4. The predicted octanol–water partition coefficient (Wildman–Crippen LogP) is 2.01. The lowest BCUT2D eigenvalue weighted by Crippen LogP contribution is -2.45. The molecule has 0 heterocycles. The summed E-state index contributed by atoms with van der Waals surface area (Å²) in [5.74, 6) is 0.223. The molecule has 20 heavy (non-hydrogen) atoms. The Hall–Kier alpha value is -1.75. The van der Waals surface area contributed by atoms with Crippen LogP contribution in [0, 0.1) is 0 Å². The number of nitrogens with one attached hydrogen (secondary N) is 1. The summed E-state index contributed by atoms with van der Waals surface area (Å²) >= 11 is 0. The predicted molar refractivity (Wildman–Crippen MR) is 78.7 cm³/mol. The fraction of sp³-hybridized carbons (Fsp3) is 0.533. The quantitative estimate of drug-likeness (QED) is 0.697. The summed E-state index contributed by atoms with van der Waals surface area (Å²) in [4.78, 5) is 13.9. The maximum Gasteiger partial charge on any atom is 0.239 e. The molecule has 0 aromatic heterocycles. The van der Waals surface area contributed by atoms with Crippen LogP contribution in [-0.4, -0.2) is 40.2 Å². The smallest absolute Gasteiger partial charge is 0.239 e. The van der Waals surface area contributed by atoms with Crippen molar-refractivity contribution >= 4 is 5.91 Å². The molecule has 5 nitrogen and oxygen atoms in total. The van der Waals surface area contributed by atoms with Crippen molar-refractivity contribution < 1.29 is 15.0 Å². The van der Waals surface area contributed by atoms with E-state index < -0.39 is 0 Å². The second kappa shape index (κ2) is 7.14. The molecule has 3 N–H and O–H groups in total. The van der Waals surface area contributed by atoms with Crippen molar-refractivity contribution in [3.8, 4) is 11.5 Å². The van der Waals surface area contributed by atoms with E-state index in [1.165, 1.54) is 18.2 Å². The van der Waals surface area contributed by atoms with Crippen LogP contribution in [-0.2, 0) is 4.79 Å². The van der Waals surface area contributed by atoms with Gasteiger partial charge in [-0.25, -0.2) is 0 Å². The SMILES string of the molecule is CCN(CC)C(=O)C(C)NC(C)c1cc(O)ccc1O. The molecule has 0 aliphatic rings. The van der Waals surface area contributed by atoms with E-state index in [9.17, 15) is 15.0 Å². The Bertz CT molecular complexity index is 458. The van der Waals surface area contributed by atoms with Crippen LogP contribution in [0.5, 0.6) is 11.5 Å². The van der Waals surface area contributed by atoms with Crippen molar-refractivity contribution in [1.82, 2.24) is 10.2 Å². The lowest BCUT2D eigenvalue weighted by atomic mass is 10.1. The molecule has 0 aliphatic carbocycles. The van der Waals surface area contributed by atoms with Crippen LogP contribution in [0.2, 0.25) is 0 Å². The highest BCUT2D eigenvalue weighted by Gasteiger charge is 2.21. The molecule has 0 fully saturated rings. The van der Waals surface area contributed by atoms with Crippen LogP contribution < -0.4 is 5.32 Å². The summed E-state index contributed by atoms with van der Waals surface area (Å²) in [5, 5.41) is 22.4. The number of carbonyl (C=O) groups excluding carboxylic acids is 1. The van der Waals surface area contributed by atoms with Gasteiger partial charge in [-0.3, -0.25) is 10.1 Å². The Morgan fingerprint density at radius 1 is 1.25 bits per heavy atom. The maximum atomic E-state index is 12.2. The van der Waals surface area contributed by atoms with Gasteiger partial charge in [-0.1, -0.05) is 0 Å². The molecule has 0 saturated carbocycles. The summed E-state index contributed by atoms with van der Waals surface area (Å²) in [6.07, 6.45) is 0. The molecule has 5 heteroatoms. The minimum atomic E-state index is -0.355. The number of phenolic OH excluding ortho intramolecular Hbond substituents is 2. The van der Waals surface area contributed by atoms with Gasteiger partial charge in [0.05, 0.1) is 6.04 Å².